The van der Waals surface area contributed by atoms with Crippen molar-refractivity contribution < 1.29 is 9.59 Å². The molecule has 0 atom stereocenters. The van der Waals surface area contributed by atoms with Crippen LogP contribution >= 0.6 is 0 Å². The summed E-state index contributed by atoms with van der Waals surface area (Å²) in [5.74, 6) is -0.367. The molecule has 0 unspecified atom stereocenters. The maximum Gasteiger partial charge on any atom is 0.255 e. The summed E-state index contributed by atoms with van der Waals surface area (Å²) in [6.45, 7) is -0.0456. The second-order valence-electron chi connectivity index (χ2n) is 4.03. The van der Waals surface area contributed by atoms with Gasteiger partial charge in [0.1, 0.15) is 0 Å². The van der Waals surface area contributed by atoms with E-state index in [1.165, 1.54) is 0 Å². The molecule has 0 heterocycles. The van der Waals surface area contributed by atoms with Crippen molar-refractivity contribution in [2.45, 2.75) is 0 Å². The molecule has 0 saturated heterocycles. The average Bonchev–Trinajstić information content (AvgIpc) is 2.47. The normalized spacial score (nSPS) is 9.95. The minimum atomic E-state index is -0.210. The number of nitrogens with one attached hydrogen (secondary N) is 1. The van der Waals surface area contributed by atoms with Crippen LogP contribution in [0.1, 0.15) is 20.7 Å². The lowest BCUT2D eigenvalue weighted by molar-refractivity contribution is 0.0997. The molecular formula is C15H14N2O2. The van der Waals surface area contributed by atoms with Crippen LogP contribution in [0.25, 0.3) is 0 Å². The van der Waals surface area contributed by atoms with Gasteiger partial charge in [0, 0.05) is 16.8 Å². The number of nitrogens with two attached hydrogens (primary N) is 1. The zero-order valence-electron chi connectivity index (χ0n) is 10.3. The Morgan fingerprint density at radius 2 is 1.63 bits per heavy atom. The molecule has 3 N–H and O–H groups in total. The van der Waals surface area contributed by atoms with E-state index in [4.69, 9.17) is 5.73 Å². The van der Waals surface area contributed by atoms with Crippen LogP contribution in [0.4, 0.5) is 5.69 Å². The standard InChI is InChI=1S/C15H14N2O2/c16-10-14(18)12-7-4-8-13(9-12)17-15(19)11-5-2-1-3-6-11/h1-9H,10,16H2,(H,17,19). The van der Waals surface area contributed by atoms with Crippen molar-refractivity contribution in [1.29, 1.82) is 0 Å². The number of anilines is 1. The zero-order valence-corrected chi connectivity index (χ0v) is 10.3. The largest absolute Gasteiger partial charge is 0.324 e. The highest BCUT2D eigenvalue weighted by Crippen LogP contribution is 2.12. The lowest BCUT2D eigenvalue weighted by atomic mass is 10.1. The summed E-state index contributed by atoms with van der Waals surface area (Å²) in [5.41, 5.74) is 6.95. The molecule has 4 nitrogen and oxygen atoms in total. The quantitative estimate of drug-likeness (QED) is 0.820. The van der Waals surface area contributed by atoms with E-state index in [2.05, 4.69) is 5.32 Å². The molecule has 0 saturated carbocycles. The van der Waals surface area contributed by atoms with Crippen molar-refractivity contribution >= 4 is 17.4 Å². The Morgan fingerprint density at radius 3 is 2.32 bits per heavy atom. The van der Waals surface area contributed by atoms with Crippen LogP contribution in [0.2, 0.25) is 0 Å². The van der Waals surface area contributed by atoms with Crippen LogP contribution in [-0.2, 0) is 0 Å². The summed E-state index contributed by atoms with van der Waals surface area (Å²) >= 11 is 0. The van der Waals surface area contributed by atoms with Crippen LogP contribution in [0.3, 0.4) is 0 Å². The Bertz CT molecular complexity index is 594. The number of benzene rings is 2. The number of rotatable bonds is 4. The number of carbonyl (C=O) groups is 2. The van der Waals surface area contributed by atoms with E-state index in [1.54, 1.807) is 48.5 Å². The molecule has 19 heavy (non-hydrogen) atoms. The summed E-state index contributed by atoms with van der Waals surface area (Å²) in [7, 11) is 0. The van der Waals surface area contributed by atoms with Gasteiger partial charge >= 0.3 is 0 Å². The topological polar surface area (TPSA) is 72.2 Å². The molecule has 2 rings (SSSR count). The Labute approximate surface area is 111 Å². The lowest BCUT2D eigenvalue weighted by Gasteiger charge is -2.06. The molecule has 0 bridgehead atoms. The molecule has 2 aromatic carbocycles. The molecule has 0 aromatic heterocycles. The molecule has 0 aliphatic heterocycles. The van der Waals surface area contributed by atoms with Gasteiger partial charge in [-0.05, 0) is 24.3 Å². The maximum atomic E-state index is 11.9. The Hall–Kier alpha value is -2.46. The van der Waals surface area contributed by atoms with Gasteiger partial charge in [0.2, 0.25) is 0 Å². The molecular weight excluding hydrogens is 240 g/mol. The first-order chi connectivity index (χ1) is 9.20. The third-order valence-electron chi connectivity index (χ3n) is 2.66. The van der Waals surface area contributed by atoms with Crippen LogP contribution < -0.4 is 11.1 Å². The number of hydrogen-bond donors (Lipinski definition) is 2. The van der Waals surface area contributed by atoms with E-state index in [0.29, 0.717) is 16.8 Å². The van der Waals surface area contributed by atoms with Crippen molar-refractivity contribution in [2.24, 2.45) is 5.73 Å². The third kappa shape index (κ3) is 3.26. The monoisotopic (exact) mass is 254 g/mol. The highest BCUT2D eigenvalue weighted by molar-refractivity contribution is 6.05. The van der Waals surface area contributed by atoms with Gasteiger partial charge in [-0.1, -0.05) is 30.3 Å². The fourth-order valence-corrected chi connectivity index (χ4v) is 1.68. The first-order valence-corrected chi connectivity index (χ1v) is 5.90. The molecule has 96 valence electrons. The number of ketones is 1. The highest BCUT2D eigenvalue weighted by Gasteiger charge is 2.07. The predicted molar refractivity (Wildman–Crippen MR) is 74.2 cm³/mol. The fourth-order valence-electron chi connectivity index (χ4n) is 1.68. The molecule has 0 fully saturated rings. The van der Waals surface area contributed by atoms with Crippen LogP contribution in [-0.4, -0.2) is 18.2 Å². The van der Waals surface area contributed by atoms with E-state index in [-0.39, 0.29) is 18.2 Å². The molecule has 2 aromatic rings. The van der Waals surface area contributed by atoms with Crippen LogP contribution in [0.15, 0.2) is 54.6 Å². The van der Waals surface area contributed by atoms with Gasteiger partial charge in [0.05, 0.1) is 6.54 Å². The smallest absolute Gasteiger partial charge is 0.255 e. The minimum Gasteiger partial charge on any atom is -0.324 e. The average molecular weight is 254 g/mol. The van der Waals surface area contributed by atoms with Crippen molar-refractivity contribution in [3.63, 3.8) is 0 Å². The number of hydrogen-bond acceptors (Lipinski definition) is 3. The summed E-state index contributed by atoms with van der Waals surface area (Å²) in [4.78, 5) is 23.4. The fraction of sp³-hybridized carbons (Fsp3) is 0.0667. The Balaban J connectivity index is 2.16. The van der Waals surface area contributed by atoms with Gasteiger partial charge in [-0.15, -0.1) is 0 Å². The highest BCUT2D eigenvalue weighted by atomic mass is 16.1. The van der Waals surface area contributed by atoms with E-state index < -0.39 is 0 Å². The summed E-state index contributed by atoms with van der Waals surface area (Å²) in [6, 6.07) is 15.6. The summed E-state index contributed by atoms with van der Waals surface area (Å²) in [5, 5.41) is 2.75. The predicted octanol–water partition coefficient (Wildman–Crippen LogP) is 2.08. The lowest BCUT2D eigenvalue weighted by Crippen LogP contribution is -2.15. The molecule has 4 heteroatoms. The first-order valence-electron chi connectivity index (χ1n) is 5.90. The zero-order chi connectivity index (χ0) is 13.7. The summed E-state index contributed by atoms with van der Waals surface area (Å²) < 4.78 is 0. The molecule has 0 aliphatic rings. The number of amides is 1. The van der Waals surface area contributed by atoms with Crippen molar-refractivity contribution in [3.8, 4) is 0 Å². The van der Waals surface area contributed by atoms with Crippen molar-refractivity contribution in [3.05, 3.63) is 65.7 Å². The van der Waals surface area contributed by atoms with E-state index in [0.717, 1.165) is 0 Å². The van der Waals surface area contributed by atoms with Crippen LogP contribution in [0, 0.1) is 0 Å². The number of carbonyl (C=O) groups excluding carboxylic acids is 2. The SMILES string of the molecule is NCC(=O)c1cccc(NC(=O)c2ccccc2)c1. The van der Waals surface area contributed by atoms with E-state index >= 15 is 0 Å². The van der Waals surface area contributed by atoms with Gasteiger partial charge in [-0.2, -0.15) is 0 Å². The van der Waals surface area contributed by atoms with Gasteiger partial charge < -0.3 is 11.1 Å². The molecule has 0 aliphatic carbocycles. The van der Waals surface area contributed by atoms with Crippen molar-refractivity contribution in [1.82, 2.24) is 0 Å². The maximum absolute atomic E-state index is 11.9. The van der Waals surface area contributed by atoms with Gasteiger partial charge in [0.25, 0.3) is 5.91 Å². The van der Waals surface area contributed by atoms with Gasteiger partial charge in [-0.25, -0.2) is 0 Å². The van der Waals surface area contributed by atoms with Crippen molar-refractivity contribution in [2.75, 3.05) is 11.9 Å². The number of Topliss-reactive ketones (excluding diaryl/α,β-unsaturated/α-hetero) is 1. The Kier molecular flexibility index (Phi) is 4.05. The van der Waals surface area contributed by atoms with E-state index in [9.17, 15) is 9.59 Å². The second kappa shape index (κ2) is 5.93. The molecule has 0 spiro atoms. The molecule has 0 radical (unpaired) electrons. The minimum absolute atomic E-state index is 0.0456. The van der Waals surface area contributed by atoms with Crippen LogP contribution in [0.5, 0.6) is 0 Å². The van der Waals surface area contributed by atoms with Gasteiger partial charge in [0.15, 0.2) is 5.78 Å². The summed E-state index contributed by atoms with van der Waals surface area (Å²) in [6.07, 6.45) is 0. The van der Waals surface area contributed by atoms with E-state index in [1.807, 2.05) is 6.07 Å². The van der Waals surface area contributed by atoms with Gasteiger partial charge in [-0.3, -0.25) is 9.59 Å². The molecule has 1 amide bonds. The first kappa shape index (κ1) is 13.0. The second-order valence-corrected chi connectivity index (χ2v) is 4.03. The third-order valence-corrected chi connectivity index (χ3v) is 2.66. The Morgan fingerprint density at radius 1 is 0.947 bits per heavy atom.